The summed E-state index contributed by atoms with van der Waals surface area (Å²) in [5, 5.41) is 17.2. The van der Waals surface area contributed by atoms with Crippen LogP contribution in [0.2, 0.25) is 0 Å². The average molecular weight is 419 g/mol. The van der Waals surface area contributed by atoms with E-state index in [1.807, 2.05) is 0 Å². The van der Waals surface area contributed by atoms with E-state index in [9.17, 15) is 14.5 Å². The van der Waals surface area contributed by atoms with Crippen LogP contribution in [0.25, 0.3) is 0 Å². The van der Waals surface area contributed by atoms with Gasteiger partial charge in [-0.15, -0.1) is 0 Å². The van der Waals surface area contributed by atoms with E-state index in [0.717, 1.165) is 10.0 Å². The number of benzene rings is 1. The van der Waals surface area contributed by atoms with Gasteiger partial charge in [0.25, 0.3) is 0 Å². The van der Waals surface area contributed by atoms with Crippen LogP contribution in [0.15, 0.2) is 53.4 Å². The molecular weight excluding hydrogens is 407 g/mol. The van der Waals surface area contributed by atoms with Gasteiger partial charge in [-0.1, -0.05) is 12.1 Å². The highest BCUT2D eigenvalue weighted by Crippen LogP contribution is 2.31. The van der Waals surface area contributed by atoms with Gasteiger partial charge in [0.1, 0.15) is 18.0 Å². The maximum Gasteiger partial charge on any atom is 0.353 e. The molecule has 2 heterocycles. The Morgan fingerprint density at radius 1 is 1.08 bits per heavy atom. The summed E-state index contributed by atoms with van der Waals surface area (Å²) < 4.78 is 13.7. The fourth-order valence-corrected chi connectivity index (χ4v) is 2.37. The van der Waals surface area contributed by atoms with Crippen LogP contribution in [0.1, 0.15) is 5.56 Å². The number of anilines is 3. The molecule has 2 N–H and O–H groups in total. The molecule has 0 saturated carbocycles. The molecule has 3 aromatic rings. The Bertz CT molecular complexity index is 921. The number of hydrogen-bond acceptors (Lipinski definition) is 7. The minimum atomic E-state index is -0.575. The molecule has 3 rings (SSSR count). The number of rotatable bonds is 6. The molecule has 0 atom stereocenters. The first-order valence-electron chi connectivity index (χ1n) is 7.39. The van der Waals surface area contributed by atoms with Crippen molar-refractivity contribution in [1.82, 2.24) is 15.0 Å². The van der Waals surface area contributed by atoms with Crippen molar-refractivity contribution >= 4 is 39.1 Å². The van der Waals surface area contributed by atoms with E-state index in [1.54, 1.807) is 30.5 Å². The standard InChI is InChI=1S/C16H12BrFN6O2/c17-11-3-6-13(19-8-11)23-16-14(24(25)26)15(21-9-22-16)20-7-10-1-4-12(18)5-2-10/h1-6,8-9H,7H2,(H2,19,20,21,22,23). The first-order valence-corrected chi connectivity index (χ1v) is 8.18. The van der Waals surface area contributed by atoms with E-state index in [-0.39, 0.29) is 29.7 Å². The average Bonchev–Trinajstić information content (AvgIpc) is 2.63. The predicted octanol–water partition coefficient (Wildman–Crippen LogP) is 4.04. The Balaban J connectivity index is 1.84. The minimum Gasteiger partial charge on any atom is -0.360 e. The van der Waals surface area contributed by atoms with Gasteiger partial charge in [0.15, 0.2) is 0 Å². The van der Waals surface area contributed by atoms with Crippen LogP contribution in [-0.4, -0.2) is 19.9 Å². The molecule has 132 valence electrons. The zero-order valence-electron chi connectivity index (χ0n) is 13.2. The van der Waals surface area contributed by atoms with E-state index < -0.39 is 4.92 Å². The number of nitro groups is 1. The van der Waals surface area contributed by atoms with E-state index in [4.69, 9.17) is 0 Å². The number of nitrogens with zero attached hydrogens (tertiary/aromatic N) is 4. The van der Waals surface area contributed by atoms with Gasteiger partial charge in [-0.3, -0.25) is 10.1 Å². The second-order valence-electron chi connectivity index (χ2n) is 5.14. The highest BCUT2D eigenvalue weighted by atomic mass is 79.9. The molecule has 0 fully saturated rings. The molecule has 0 aliphatic rings. The van der Waals surface area contributed by atoms with Gasteiger partial charge in [-0.05, 0) is 45.8 Å². The summed E-state index contributed by atoms with van der Waals surface area (Å²) >= 11 is 3.27. The monoisotopic (exact) mass is 418 g/mol. The third-order valence-corrected chi connectivity index (χ3v) is 3.82. The van der Waals surface area contributed by atoms with E-state index in [2.05, 4.69) is 41.5 Å². The van der Waals surface area contributed by atoms with Crippen molar-refractivity contribution in [1.29, 1.82) is 0 Å². The lowest BCUT2D eigenvalue weighted by Crippen LogP contribution is -2.08. The SMILES string of the molecule is O=[N+]([O-])c1c(NCc2ccc(F)cc2)ncnc1Nc1ccc(Br)cn1. The lowest BCUT2D eigenvalue weighted by molar-refractivity contribution is -0.383. The third kappa shape index (κ3) is 4.28. The smallest absolute Gasteiger partial charge is 0.353 e. The first-order chi connectivity index (χ1) is 12.5. The van der Waals surface area contributed by atoms with Crippen LogP contribution in [0, 0.1) is 15.9 Å². The molecule has 10 heteroatoms. The molecule has 26 heavy (non-hydrogen) atoms. The lowest BCUT2D eigenvalue weighted by atomic mass is 10.2. The Morgan fingerprint density at radius 3 is 2.46 bits per heavy atom. The Kier molecular flexibility index (Phi) is 5.32. The zero-order chi connectivity index (χ0) is 18.5. The summed E-state index contributed by atoms with van der Waals surface area (Å²) in [6.07, 6.45) is 2.77. The van der Waals surface area contributed by atoms with Gasteiger partial charge in [0.2, 0.25) is 11.6 Å². The zero-order valence-corrected chi connectivity index (χ0v) is 14.8. The molecule has 0 amide bonds. The summed E-state index contributed by atoms with van der Waals surface area (Å²) in [6, 6.07) is 9.20. The van der Waals surface area contributed by atoms with Gasteiger partial charge >= 0.3 is 5.69 Å². The Hall–Kier alpha value is -3.14. The molecule has 0 saturated heterocycles. The van der Waals surface area contributed by atoms with Crippen molar-refractivity contribution in [3.63, 3.8) is 0 Å². The maximum atomic E-state index is 13.0. The van der Waals surface area contributed by atoms with Crippen LogP contribution in [-0.2, 0) is 6.54 Å². The second kappa shape index (κ2) is 7.83. The molecular formula is C16H12BrFN6O2. The number of aromatic nitrogens is 3. The predicted molar refractivity (Wildman–Crippen MR) is 97.6 cm³/mol. The van der Waals surface area contributed by atoms with Crippen LogP contribution in [0.5, 0.6) is 0 Å². The van der Waals surface area contributed by atoms with Crippen molar-refractivity contribution in [2.24, 2.45) is 0 Å². The number of nitrogens with one attached hydrogen (secondary N) is 2. The molecule has 0 bridgehead atoms. The highest BCUT2D eigenvalue weighted by molar-refractivity contribution is 9.10. The molecule has 1 aromatic carbocycles. The van der Waals surface area contributed by atoms with Gasteiger partial charge in [0, 0.05) is 17.2 Å². The Labute approximate surface area is 155 Å². The van der Waals surface area contributed by atoms with Crippen molar-refractivity contribution in [3.8, 4) is 0 Å². The van der Waals surface area contributed by atoms with Crippen molar-refractivity contribution < 1.29 is 9.31 Å². The fraction of sp³-hybridized carbons (Fsp3) is 0.0625. The van der Waals surface area contributed by atoms with E-state index in [0.29, 0.717) is 5.82 Å². The second-order valence-corrected chi connectivity index (χ2v) is 6.06. The molecule has 0 aliphatic carbocycles. The normalized spacial score (nSPS) is 10.4. The number of halogens is 2. The van der Waals surface area contributed by atoms with Crippen molar-refractivity contribution in [2.45, 2.75) is 6.54 Å². The summed E-state index contributed by atoms with van der Waals surface area (Å²) in [5.74, 6) is 0.116. The molecule has 2 aromatic heterocycles. The van der Waals surface area contributed by atoms with Crippen LogP contribution in [0.3, 0.4) is 0 Å². The quantitative estimate of drug-likeness (QED) is 0.459. The maximum absolute atomic E-state index is 13.0. The van der Waals surface area contributed by atoms with E-state index in [1.165, 1.54) is 18.5 Å². The highest BCUT2D eigenvalue weighted by Gasteiger charge is 2.23. The molecule has 0 unspecified atom stereocenters. The lowest BCUT2D eigenvalue weighted by Gasteiger charge is -2.10. The van der Waals surface area contributed by atoms with Crippen molar-refractivity contribution in [3.05, 3.63) is 74.9 Å². The minimum absolute atomic E-state index is 0.0152. The summed E-state index contributed by atoms with van der Waals surface area (Å²) in [7, 11) is 0. The number of hydrogen-bond donors (Lipinski definition) is 2. The molecule has 0 spiro atoms. The molecule has 0 aliphatic heterocycles. The first kappa shape index (κ1) is 17.7. The van der Waals surface area contributed by atoms with Gasteiger partial charge in [-0.2, -0.15) is 0 Å². The number of pyridine rings is 1. The Morgan fingerprint density at radius 2 is 1.81 bits per heavy atom. The summed E-state index contributed by atoms with van der Waals surface area (Å²) in [5.41, 5.74) is 0.447. The topological polar surface area (TPSA) is 106 Å². The molecule has 8 nitrogen and oxygen atoms in total. The van der Waals surface area contributed by atoms with Crippen molar-refractivity contribution in [2.75, 3.05) is 10.6 Å². The third-order valence-electron chi connectivity index (χ3n) is 3.35. The van der Waals surface area contributed by atoms with Gasteiger partial charge in [0.05, 0.1) is 4.92 Å². The van der Waals surface area contributed by atoms with Gasteiger partial charge in [-0.25, -0.2) is 19.3 Å². The summed E-state index contributed by atoms with van der Waals surface area (Å²) in [4.78, 5) is 22.9. The van der Waals surface area contributed by atoms with Crippen LogP contribution in [0.4, 0.5) is 27.5 Å². The summed E-state index contributed by atoms with van der Waals surface area (Å²) in [6.45, 7) is 0.244. The van der Waals surface area contributed by atoms with Crippen LogP contribution >= 0.6 is 15.9 Å². The largest absolute Gasteiger partial charge is 0.360 e. The van der Waals surface area contributed by atoms with E-state index >= 15 is 0 Å². The van der Waals surface area contributed by atoms with Crippen LogP contribution < -0.4 is 10.6 Å². The molecule has 0 radical (unpaired) electrons. The van der Waals surface area contributed by atoms with Gasteiger partial charge < -0.3 is 10.6 Å². The fourth-order valence-electron chi connectivity index (χ4n) is 2.13.